The van der Waals surface area contributed by atoms with E-state index in [1.165, 1.54) is 12.8 Å². The highest BCUT2D eigenvalue weighted by Crippen LogP contribution is 2.44. The Hall–Kier alpha value is -2.12. The molecule has 1 saturated carbocycles. The Labute approximate surface area is 170 Å². The van der Waals surface area contributed by atoms with E-state index in [0.717, 1.165) is 40.1 Å². The van der Waals surface area contributed by atoms with Crippen LogP contribution in [0.25, 0.3) is 10.6 Å². The number of carbonyl (C=O) groups is 1. The maximum Gasteiger partial charge on any atom is 0.243 e. The van der Waals surface area contributed by atoms with E-state index in [0.29, 0.717) is 18.9 Å². The number of hydrogen-bond donors (Lipinski definition) is 1. The number of aromatic nitrogens is 1. The van der Waals surface area contributed by atoms with Gasteiger partial charge in [-0.2, -0.15) is 0 Å². The number of nitrogens with zero attached hydrogens (tertiary/aromatic N) is 3. The van der Waals surface area contributed by atoms with Crippen molar-refractivity contribution in [3.63, 3.8) is 0 Å². The number of rotatable bonds is 8. The van der Waals surface area contributed by atoms with Gasteiger partial charge in [0.05, 0.1) is 12.8 Å². The van der Waals surface area contributed by atoms with Crippen molar-refractivity contribution >= 4 is 22.2 Å². The molecule has 1 amide bonds. The number of nitrogens with one attached hydrogen (secondary N) is 1. The van der Waals surface area contributed by atoms with E-state index < -0.39 is 0 Å². The molecule has 150 valence electrons. The second-order valence-electron chi connectivity index (χ2n) is 7.91. The molecule has 0 spiro atoms. The van der Waals surface area contributed by atoms with Gasteiger partial charge < -0.3 is 19.9 Å². The zero-order valence-corrected chi connectivity index (χ0v) is 17.6. The molecular weight excluding hydrogens is 372 g/mol. The average Bonchev–Trinajstić information content (AvgIpc) is 3.30. The summed E-state index contributed by atoms with van der Waals surface area (Å²) in [6.45, 7) is 2.48. The van der Waals surface area contributed by atoms with Crippen LogP contribution in [-0.2, 0) is 11.2 Å². The fourth-order valence-electron chi connectivity index (χ4n) is 3.56. The molecule has 1 aliphatic carbocycles. The topological polar surface area (TPSA) is 57.7 Å². The smallest absolute Gasteiger partial charge is 0.243 e. The highest BCUT2D eigenvalue weighted by atomic mass is 32.1. The Morgan fingerprint density at radius 3 is 2.93 bits per heavy atom. The fraction of sp³-hybridized carbons (Fsp3) is 0.524. The minimum absolute atomic E-state index is 0.121. The van der Waals surface area contributed by atoms with Crippen molar-refractivity contribution < 1.29 is 9.53 Å². The molecule has 0 unspecified atom stereocenters. The summed E-state index contributed by atoms with van der Waals surface area (Å²) >= 11 is 1.69. The number of thiazole rings is 1. The summed E-state index contributed by atoms with van der Waals surface area (Å²) in [6.07, 6.45) is 3.22. The van der Waals surface area contributed by atoms with Crippen molar-refractivity contribution in [3.05, 3.63) is 30.0 Å². The van der Waals surface area contributed by atoms with Gasteiger partial charge in [0.15, 0.2) is 0 Å². The van der Waals surface area contributed by atoms with E-state index in [1.807, 2.05) is 32.3 Å². The van der Waals surface area contributed by atoms with Gasteiger partial charge in [-0.05, 0) is 45.0 Å². The Morgan fingerprint density at radius 1 is 1.39 bits per heavy atom. The normalized spacial score (nSPS) is 18.4. The van der Waals surface area contributed by atoms with Gasteiger partial charge in [0.2, 0.25) is 5.91 Å². The number of fused-ring (bicyclic) bond motifs is 1. The first-order chi connectivity index (χ1) is 13.5. The lowest BCUT2D eigenvalue weighted by atomic mass is 10.2. The fourth-order valence-corrected chi connectivity index (χ4v) is 4.71. The average molecular weight is 401 g/mol. The van der Waals surface area contributed by atoms with Crippen molar-refractivity contribution in [1.29, 1.82) is 0 Å². The molecule has 2 aromatic rings. The van der Waals surface area contributed by atoms with E-state index in [4.69, 9.17) is 9.72 Å². The van der Waals surface area contributed by atoms with Gasteiger partial charge in [-0.25, -0.2) is 4.98 Å². The number of methoxy groups -OCH3 is 1. The van der Waals surface area contributed by atoms with Gasteiger partial charge in [0.1, 0.15) is 21.8 Å². The number of amides is 1. The molecule has 1 atom stereocenters. The summed E-state index contributed by atoms with van der Waals surface area (Å²) in [5, 5.41) is 5.26. The standard InChI is InChI=1S/C21H28N4O2S/c1-24(2)10-9-22-19(26)18-12-17-21(25(18)13-14-7-8-14)28-20(23-17)15-5-4-6-16(11-15)27-3/h4-6,11,14,18H,7-10,12-13H2,1-3H3,(H,22,26)/t18-/m0/s1. The van der Waals surface area contributed by atoms with E-state index in [1.54, 1.807) is 18.4 Å². The molecule has 2 aliphatic rings. The monoisotopic (exact) mass is 400 g/mol. The van der Waals surface area contributed by atoms with Crippen molar-refractivity contribution in [1.82, 2.24) is 15.2 Å². The lowest BCUT2D eigenvalue weighted by Crippen LogP contribution is -2.47. The van der Waals surface area contributed by atoms with Crippen LogP contribution < -0.4 is 15.0 Å². The van der Waals surface area contributed by atoms with E-state index in [9.17, 15) is 4.79 Å². The van der Waals surface area contributed by atoms with Crippen molar-refractivity contribution in [2.24, 2.45) is 5.92 Å². The van der Waals surface area contributed by atoms with Crippen LogP contribution in [0, 0.1) is 5.92 Å². The molecule has 0 radical (unpaired) electrons. The third kappa shape index (κ3) is 4.15. The molecule has 1 aromatic heterocycles. The molecule has 0 saturated heterocycles. The molecule has 2 heterocycles. The molecule has 0 bridgehead atoms. The third-order valence-electron chi connectivity index (χ3n) is 5.33. The van der Waals surface area contributed by atoms with Crippen LogP contribution >= 0.6 is 11.3 Å². The lowest BCUT2D eigenvalue weighted by Gasteiger charge is -2.26. The molecular formula is C21H28N4O2S. The predicted molar refractivity (Wildman–Crippen MR) is 113 cm³/mol. The SMILES string of the molecule is COc1cccc(-c2nc3c(s2)N(CC2CC2)[C@H](C(=O)NCCN(C)C)C3)c1. The van der Waals surface area contributed by atoms with Gasteiger partial charge in [-0.3, -0.25) is 4.79 Å². The number of anilines is 1. The maximum atomic E-state index is 12.8. The molecule has 28 heavy (non-hydrogen) atoms. The van der Waals surface area contributed by atoms with Crippen LogP contribution in [0.5, 0.6) is 5.75 Å². The predicted octanol–water partition coefficient (Wildman–Crippen LogP) is 2.64. The van der Waals surface area contributed by atoms with Crippen LogP contribution in [0.2, 0.25) is 0 Å². The van der Waals surface area contributed by atoms with Gasteiger partial charge in [0.25, 0.3) is 0 Å². The molecule has 6 nitrogen and oxygen atoms in total. The van der Waals surface area contributed by atoms with Gasteiger partial charge in [-0.1, -0.05) is 23.5 Å². The zero-order chi connectivity index (χ0) is 19.7. The number of benzene rings is 1. The Balaban J connectivity index is 1.53. The molecule has 1 aliphatic heterocycles. The lowest BCUT2D eigenvalue weighted by molar-refractivity contribution is -0.122. The first kappa shape index (κ1) is 19.2. The van der Waals surface area contributed by atoms with Crippen molar-refractivity contribution in [2.75, 3.05) is 45.7 Å². The summed E-state index contributed by atoms with van der Waals surface area (Å²) < 4.78 is 5.35. The van der Waals surface area contributed by atoms with Crippen molar-refractivity contribution in [3.8, 4) is 16.3 Å². The van der Waals surface area contributed by atoms with E-state index >= 15 is 0 Å². The van der Waals surface area contributed by atoms with Gasteiger partial charge in [0, 0.05) is 31.6 Å². The van der Waals surface area contributed by atoms with Crippen LogP contribution in [0.4, 0.5) is 5.00 Å². The molecule has 1 N–H and O–H groups in total. The first-order valence-corrected chi connectivity index (χ1v) is 10.7. The second-order valence-corrected chi connectivity index (χ2v) is 8.89. The summed E-state index contributed by atoms with van der Waals surface area (Å²) in [7, 11) is 5.71. The molecule has 4 rings (SSSR count). The number of likely N-dealkylation sites (N-methyl/N-ethyl adjacent to an activating group) is 1. The number of carbonyl (C=O) groups excluding carboxylic acids is 1. The summed E-state index contributed by atoms with van der Waals surface area (Å²) in [5.74, 6) is 1.67. The van der Waals surface area contributed by atoms with Gasteiger partial charge in [-0.15, -0.1) is 0 Å². The number of ether oxygens (including phenoxy) is 1. The van der Waals surface area contributed by atoms with Crippen LogP contribution in [0.3, 0.4) is 0 Å². The van der Waals surface area contributed by atoms with Gasteiger partial charge >= 0.3 is 0 Å². The molecule has 1 fully saturated rings. The quantitative estimate of drug-likeness (QED) is 0.738. The Kier molecular flexibility index (Phi) is 5.55. The van der Waals surface area contributed by atoms with Crippen LogP contribution in [-0.4, -0.2) is 62.7 Å². The van der Waals surface area contributed by atoms with E-state index in [2.05, 4.69) is 21.2 Å². The summed E-state index contributed by atoms with van der Waals surface area (Å²) in [5.41, 5.74) is 2.12. The third-order valence-corrected chi connectivity index (χ3v) is 6.51. The largest absolute Gasteiger partial charge is 0.497 e. The minimum atomic E-state index is -0.129. The number of hydrogen-bond acceptors (Lipinski definition) is 6. The summed E-state index contributed by atoms with van der Waals surface area (Å²) in [4.78, 5) is 22.1. The molecule has 7 heteroatoms. The van der Waals surface area contributed by atoms with Crippen molar-refractivity contribution in [2.45, 2.75) is 25.3 Å². The van der Waals surface area contributed by atoms with Crippen LogP contribution in [0.1, 0.15) is 18.5 Å². The second kappa shape index (κ2) is 8.09. The first-order valence-electron chi connectivity index (χ1n) is 9.88. The minimum Gasteiger partial charge on any atom is -0.497 e. The van der Waals surface area contributed by atoms with E-state index in [-0.39, 0.29) is 11.9 Å². The Morgan fingerprint density at radius 2 is 2.21 bits per heavy atom. The molecule has 1 aromatic carbocycles. The Bertz CT molecular complexity index is 847. The zero-order valence-electron chi connectivity index (χ0n) is 16.8. The summed E-state index contributed by atoms with van der Waals surface area (Å²) in [6, 6.07) is 7.88. The maximum absolute atomic E-state index is 12.8. The highest BCUT2D eigenvalue weighted by molar-refractivity contribution is 7.19. The van der Waals surface area contributed by atoms with Crippen LogP contribution in [0.15, 0.2) is 24.3 Å². The highest BCUT2D eigenvalue weighted by Gasteiger charge is 2.40.